The predicted molar refractivity (Wildman–Crippen MR) is 243 cm³/mol. The van der Waals surface area contributed by atoms with E-state index < -0.39 is 16.6 Å². The van der Waals surface area contributed by atoms with Crippen molar-refractivity contribution < 1.29 is 8.85 Å². The molecule has 4 unspecified atom stereocenters. The van der Waals surface area contributed by atoms with Gasteiger partial charge in [0.25, 0.3) is 16.6 Å². The number of nitrogens with one attached hydrogen (secondary N) is 1. The van der Waals surface area contributed by atoms with Gasteiger partial charge in [0.05, 0.1) is 22.7 Å². The van der Waals surface area contributed by atoms with Crippen molar-refractivity contribution in [2.45, 2.75) is 115 Å². The molecular weight excluding hydrogens is 723 g/mol. The first kappa shape index (κ1) is 41.2. The normalized spacial score (nSPS) is 22.4. The molecule has 1 aliphatic heterocycles. The Kier molecular flexibility index (Phi) is 12.7. The topological polar surface area (TPSA) is 30.5 Å². The van der Waals surface area contributed by atoms with Gasteiger partial charge in [0.2, 0.25) is 0 Å². The zero-order valence-electron chi connectivity index (χ0n) is 34.3. The lowest BCUT2D eigenvalue weighted by Gasteiger charge is -2.46. The van der Waals surface area contributed by atoms with Crippen molar-refractivity contribution in [1.29, 1.82) is 0 Å². The van der Waals surface area contributed by atoms with E-state index in [0.29, 0.717) is 0 Å². The third kappa shape index (κ3) is 8.08. The summed E-state index contributed by atoms with van der Waals surface area (Å²) in [5.74, 6) is 0.352. The van der Waals surface area contributed by atoms with Gasteiger partial charge in [-0.15, -0.1) is 6.58 Å². The van der Waals surface area contributed by atoms with Crippen LogP contribution in [0.2, 0.25) is 10.1 Å². The number of unbranched alkanes of at least 4 members (excludes halogenated alkanes) is 2. The number of benzene rings is 4. The summed E-state index contributed by atoms with van der Waals surface area (Å²) >= 11 is 5.92. The van der Waals surface area contributed by atoms with E-state index in [0.717, 1.165) is 30.7 Å². The van der Waals surface area contributed by atoms with Crippen molar-refractivity contribution in [3.8, 4) is 0 Å². The predicted octanol–water partition coefficient (Wildman–Crippen LogP) is 9.89. The van der Waals surface area contributed by atoms with Crippen molar-refractivity contribution in [3.05, 3.63) is 146 Å². The number of thiocarbonyl (C=S) groups is 1. The Bertz CT molecular complexity index is 1810. The van der Waals surface area contributed by atoms with Crippen LogP contribution in [0.25, 0.3) is 0 Å². The number of fused-ring (bicyclic) bond motifs is 1. The number of rotatable bonds is 15. The van der Waals surface area contributed by atoms with Gasteiger partial charge in [0, 0.05) is 18.3 Å². The Morgan fingerprint density at radius 3 is 1.62 bits per heavy atom. The fraction of sp³-hybridized carbons (Fsp3) is 0.408. The molecule has 1 N–H and O–H groups in total. The van der Waals surface area contributed by atoms with E-state index in [1.807, 2.05) is 0 Å². The maximum atomic E-state index is 8.00. The van der Waals surface area contributed by atoms with Gasteiger partial charge in [-0.2, -0.15) is 0 Å². The molecule has 1 aliphatic carbocycles. The van der Waals surface area contributed by atoms with Crippen LogP contribution in [0.4, 0.5) is 0 Å². The van der Waals surface area contributed by atoms with E-state index in [1.54, 1.807) is 0 Å². The Balaban J connectivity index is 1.48. The van der Waals surface area contributed by atoms with Crippen LogP contribution in [0.15, 0.2) is 146 Å². The molecule has 6 rings (SSSR count). The Morgan fingerprint density at radius 1 is 0.745 bits per heavy atom. The summed E-state index contributed by atoms with van der Waals surface area (Å²) in [6, 6.07) is 44.2. The largest absolute Gasteiger partial charge is 0.404 e. The molecule has 5 atom stereocenters. The number of hydrogen-bond donors (Lipinski definition) is 1. The molecule has 6 heteroatoms. The molecular formula is C49H63NO2SSi2. The Hall–Kier alpha value is -3.40. The lowest BCUT2D eigenvalue weighted by molar-refractivity contribution is 0.153. The van der Waals surface area contributed by atoms with Crippen molar-refractivity contribution >= 4 is 54.6 Å². The number of hydrogen-bond acceptors (Lipinski definition) is 3. The fourth-order valence-corrected chi connectivity index (χ4v) is 19.5. The van der Waals surface area contributed by atoms with E-state index in [1.165, 1.54) is 33.6 Å². The maximum Gasteiger partial charge on any atom is 0.261 e. The van der Waals surface area contributed by atoms with E-state index in [9.17, 15) is 0 Å². The van der Waals surface area contributed by atoms with Crippen molar-refractivity contribution in [1.82, 2.24) is 5.32 Å². The second-order valence-electron chi connectivity index (χ2n) is 17.9. The summed E-state index contributed by atoms with van der Waals surface area (Å²) in [4.78, 5) is 0.926. The van der Waals surface area contributed by atoms with E-state index in [4.69, 9.17) is 21.1 Å². The first-order valence-electron chi connectivity index (χ1n) is 20.5. The molecule has 0 radical (unpaired) electrons. The van der Waals surface area contributed by atoms with Gasteiger partial charge in [-0.1, -0.05) is 220 Å². The average molecular weight is 786 g/mol. The smallest absolute Gasteiger partial charge is 0.261 e. The Labute approximate surface area is 339 Å². The molecule has 3 nitrogen and oxygen atoms in total. The zero-order chi connectivity index (χ0) is 39.3. The molecule has 0 amide bonds. The summed E-state index contributed by atoms with van der Waals surface area (Å²) in [5.41, 5.74) is -0.321. The molecule has 0 spiro atoms. The van der Waals surface area contributed by atoms with Crippen LogP contribution >= 0.6 is 12.2 Å². The highest BCUT2D eigenvalue weighted by molar-refractivity contribution is 7.80. The standard InChI is InChI=1S/C49H63NO2SSi2/c1-9-11-16-25-38(51-54(47(3,4)5,39-26-17-12-18-27-39)40-28-19-13-20-29-40)34-35-43-44-36-46(53)50-49(44,10-2)37-45(43)52-55(48(6,7)8,41-30-21-14-22-31-41)42-32-23-15-24-33-42/h10,12-15,17-24,26-35,38,43-45H,2,9,11,16,25,36-37H2,1,3-8H3,(H,50,53)/t38-,43?,44?,45?,49?/m0/s1. The lowest BCUT2D eigenvalue weighted by Crippen LogP contribution is -2.68. The van der Waals surface area contributed by atoms with Gasteiger partial charge in [0.15, 0.2) is 0 Å². The molecule has 1 heterocycles. The summed E-state index contributed by atoms with van der Waals surface area (Å²) in [6.07, 6.45) is 13.0. The minimum absolute atomic E-state index is 0.0506. The molecule has 1 saturated heterocycles. The highest BCUT2D eigenvalue weighted by Gasteiger charge is 2.60. The fourth-order valence-electron chi connectivity index (χ4n) is 9.74. The van der Waals surface area contributed by atoms with Gasteiger partial charge >= 0.3 is 0 Å². The zero-order valence-corrected chi connectivity index (χ0v) is 37.1. The Morgan fingerprint density at radius 2 is 1.20 bits per heavy atom. The van der Waals surface area contributed by atoms with Gasteiger partial charge in [0.1, 0.15) is 0 Å². The van der Waals surface area contributed by atoms with Crippen LogP contribution < -0.4 is 26.1 Å². The third-order valence-corrected chi connectivity index (χ3v) is 22.8. The molecule has 2 fully saturated rings. The van der Waals surface area contributed by atoms with Crippen LogP contribution in [-0.2, 0) is 8.85 Å². The van der Waals surface area contributed by atoms with Crippen LogP contribution in [0, 0.1) is 11.8 Å². The van der Waals surface area contributed by atoms with Gasteiger partial charge in [-0.3, -0.25) is 0 Å². The van der Waals surface area contributed by atoms with Crippen LogP contribution in [0.3, 0.4) is 0 Å². The summed E-state index contributed by atoms with van der Waals surface area (Å²) in [7, 11) is -5.66. The molecule has 290 valence electrons. The summed E-state index contributed by atoms with van der Waals surface area (Å²) in [5, 5.41) is 8.74. The lowest BCUT2D eigenvalue weighted by atomic mass is 9.84. The van der Waals surface area contributed by atoms with Gasteiger partial charge in [-0.05, 0) is 43.7 Å². The van der Waals surface area contributed by atoms with Crippen molar-refractivity contribution in [3.63, 3.8) is 0 Å². The van der Waals surface area contributed by atoms with Crippen molar-refractivity contribution in [2.24, 2.45) is 11.8 Å². The van der Waals surface area contributed by atoms with Crippen LogP contribution in [0.1, 0.15) is 87.0 Å². The summed E-state index contributed by atoms with van der Waals surface area (Å²) < 4.78 is 15.8. The van der Waals surface area contributed by atoms with Gasteiger partial charge < -0.3 is 14.2 Å². The van der Waals surface area contributed by atoms with E-state index in [-0.39, 0.29) is 39.7 Å². The minimum Gasteiger partial charge on any atom is -0.404 e. The second-order valence-corrected chi connectivity index (χ2v) is 26.9. The minimum atomic E-state index is -2.85. The molecule has 0 aromatic heterocycles. The summed E-state index contributed by atoms with van der Waals surface area (Å²) in [6.45, 7) is 20.9. The molecule has 1 saturated carbocycles. The van der Waals surface area contributed by atoms with E-state index >= 15 is 0 Å². The first-order chi connectivity index (χ1) is 26.3. The van der Waals surface area contributed by atoms with Gasteiger partial charge in [-0.25, -0.2) is 0 Å². The highest BCUT2D eigenvalue weighted by atomic mass is 32.1. The van der Waals surface area contributed by atoms with E-state index in [2.05, 4.69) is 200 Å². The monoisotopic (exact) mass is 785 g/mol. The molecule has 0 bridgehead atoms. The van der Waals surface area contributed by atoms with Crippen LogP contribution in [0.5, 0.6) is 0 Å². The molecule has 4 aromatic rings. The molecule has 55 heavy (non-hydrogen) atoms. The van der Waals surface area contributed by atoms with Crippen molar-refractivity contribution in [2.75, 3.05) is 0 Å². The quantitative estimate of drug-likeness (QED) is 0.0563. The SMILES string of the molecule is C=CC12CC(O[Si](c3ccccc3)(c3ccccc3)C(C)(C)C)C(C=C[C@H](CCCCC)O[Si](c3ccccc3)(c3ccccc3)C(C)(C)C)C1CC(=S)N2. The third-order valence-electron chi connectivity index (χ3n) is 12.4. The highest BCUT2D eigenvalue weighted by Crippen LogP contribution is 2.51. The van der Waals surface area contributed by atoms with Crippen LogP contribution in [-0.4, -0.2) is 39.4 Å². The molecule has 4 aromatic carbocycles. The average Bonchev–Trinajstić information content (AvgIpc) is 3.65. The first-order valence-corrected chi connectivity index (χ1v) is 24.7. The second kappa shape index (κ2) is 17.0. The maximum absolute atomic E-state index is 8.00. The molecule has 2 aliphatic rings.